The quantitative estimate of drug-likeness (QED) is 0.443. The summed E-state index contributed by atoms with van der Waals surface area (Å²) in [7, 11) is 2.03. The molecule has 5 fully saturated rings. The lowest BCUT2D eigenvalue weighted by molar-refractivity contribution is -0.161. The van der Waals surface area contributed by atoms with Crippen LogP contribution in [-0.4, -0.2) is 13.2 Å². The first kappa shape index (κ1) is 20.8. The summed E-state index contributed by atoms with van der Waals surface area (Å²) in [4.78, 5) is 0. The molecule has 0 aromatic carbocycles. The first-order valence-electron chi connectivity index (χ1n) is 13.3. The van der Waals surface area contributed by atoms with Gasteiger partial charge in [0.25, 0.3) is 0 Å². The third-order valence-electron chi connectivity index (χ3n) is 12.0. The van der Waals surface area contributed by atoms with Crippen molar-refractivity contribution in [1.29, 1.82) is 0 Å². The minimum atomic E-state index is 0.561. The van der Waals surface area contributed by atoms with Gasteiger partial charge in [0.1, 0.15) is 0 Å². The third kappa shape index (κ3) is 2.74. The van der Waals surface area contributed by atoms with Crippen LogP contribution < -0.4 is 0 Å². The van der Waals surface area contributed by atoms with Gasteiger partial charge in [0.2, 0.25) is 0 Å². The zero-order valence-corrected chi connectivity index (χ0v) is 20.3. The molecule has 0 heterocycles. The Labute approximate surface area is 181 Å². The van der Waals surface area contributed by atoms with Crippen molar-refractivity contribution in [2.45, 2.75) is 111 Å². The molecule has 1 spiro atoms. The molecule has 0 N–H and O–H groups in total. The normalized spacial score (nSPS) is 53.9. The molecule has 7 unspecified atom stereocenters. The molecule has 5 saturated carbocycles. The van der Waals surface area contributed by atoms with Crippen LogP contribution in [0.1, 0.15) is 105 Å². The lowest BCUT2D eigenvalue weighted by atomic mass is 9.45. The van der Waals surface area contributed by atoms with E-state index in [1.807, 2.05) is 7.11 Å². The van der Waals surface area contributed by atoms with E-state index in [-0.39, 0.29) is 0 Å². The lowest BCUT2D eigenvalue weighted by Gasteiger charge is -2.61. The Morgan fingerprint density at radius 1 is 0.931 bits per heavy atom. The van der Waals surface area contributed by atoms with Crippen LogP contribution in [0.4, 0.5) is 0 Å². The van der Waals surface area contributed by atoms with Crippen LogP contribution in [0.5, 0.6) is 0 Å². The second-order valence-corrected chi connectivity index (χ2v) is 13.3. The molecule has 5 aliphatic rings. The largest absolute Gasteiger partial charge is 0.381 e. The van der Waals surface area contributed by atoms with Crippen LogP contribution in [0.2, 0.25) is 0 Å². The van der Waals surface area contributed by atoms with Gasteiger partial charge in [-0.25, -0.2) is 0 Å². The summed E-state index contributed by atoms with van der Waals surface area (Å²) in [5, 5.41) is 0. The molecule has 0 aliphatic heterocycles. The molecular formula is C28H48O. The predicted molar refractivity (Wildman–Crippen MR) is 122 cm³/mol. The SMILES string of the molecule is COC1CC2C3CCC(C(C)CCCC(C)C)[C@@]3(C)CCC2[C@@]2(C)CCC3C[C@]312. The summed E-state index contributed by atoms with van der Waals surface area (Å²) in [5.41, 5.74) is 1.78. The van der Waals surface area contributed by atoms with E-state index in [4.69, 9.17) is 4.74 Å². The Kier molecular flexibility index (Phi) is 5.02. The van der Waals surface area contributed by atoms with E-state index >= 15 is 0 Å². The smallest absolute Gasteiger partial charge is 0.0638 e. The standard InChI is InChI=1S/C28H48O/c1-18(2)8-7-9-19(3)22-10-11-23-21-16-25(29-6)28-17-20(28)12-15-27(28,5)24(21)13-14-26(22,23)4/h18-25H,7-17H2,1-6H3/t19?,20?,21?,22?,23?,24?,25?,26-,27-,28+/m1/s1. The summed E-state index contributed by atoms with van der Waals surface area (Å²) < 4.78 is 6.30. The van der Waals surface area contributed by atoms with Crippen molar-refractivity contribution in [3.05, 3.63) is 0 Å². The minimum Gasteiger partial charge on any atom is -0.381 e. The highest BCUT2D eigenvalue weighted by molar-refractivity contribution is 5.26. The van der Waals surface area contributed by atoms with Gasteiger partial charge in [-0.2, -0.15) is 0 Å². The number of rotatable bonds is 6. The van der Waals surface area contributed by atoms with E-state index in [0.717, 1.165) is 41.4 Å². The Hall–Kier alpha value is -0.0400. The molecule has 10 atom stereocenters. The number of hydrogen-bond acceptors (Lipinski definition) is 1. The van der Waals surface area contributed by atoms with Crippen LogP contribution in [0.25, 0.3) is 0 Å². The molecule has 5 aliphatic carbocycles. The monoisotopic (exact) mass is 400 g/mol. The van der Waals surface area contributed by atoms with Gasteiger partial charge in [-0.15, -0.1) is 0 Å². The minimum absolute atomic E-state index is 0.561. The molecule has 1 nitrogen and oxygen atoms in total. The van der Waals surface area contributed by atoms with Crippen LogP contribution >= 0.6 is 0 Å². The van der Waals surface area contributed by atoms with Crippen molar-refractivity contribution in [3.63, 3.8) is 0 Å². The van der Waals surface area contributed by atoms with Gasteiger partial charge in [-0.05, 0) is 104 Å². The molecule has 0 radical (unpaired) electrons. The number of ether oxygens (including phenoxy) is 1. The van der Waals surface area contributed by atoms with Crippen molar-refractivity contribution in [2.24, 2.45) is 57.7 Å². The van der Waals surface area contributed by atoms with Gasteiger partial charge in [-0.1, -0.05) is 53.9 Å². The maximum atomic E-state index is 6.30. The number of methoxy groups -OCH3 is 1. The molecule has 0 aromatic rings. The van der Waals surface area contributed by atoms with Gasteiger partial charge in [0.15, 0.2) is 0 Å². The molecule has 1 heteroatoms. The highest BCUT2D eigenvalue weighted by Crippen LogP contribution is 2.82. The maximum absolute atomic E-state index is 6.30. The molecule has 0 saturated heterocycles. The molecule has 0 aromatic heterocycles. The topological polar surface area (TPSA) is 9.23 Å². The van der Waals surface area contributed by atoms with E-state index in [1.54, 1.807) is 0 Å². The molecule has 5 rings (SSSR count). The summed E-state index contributed by atoms with van der Waals surface area (Å²) >= 11 is 0. The number of fused-ring (bicyclic) bond motifs is 4. The number of hydrogen-bond donors (Lipinski definition) is 0. The Bertz CT molecular complexity index is 626. The fourth-order valence-electron chi connectivity index (χ4n) is 10.6. The average molecular weight is 401 g/mol. The molecule has 0 bridgehead atoms. The van der Waals surface area contributed by atoms with Crippen LogP contribution in [0.15, 0.2) is 0 Å². The highest BCUT2D eigenvalue weighted by Gasteiger charge is 2.77. The van der Waals surface area contributed by atoms with Crippen LogP contribution in [-0.2, 0) is 4.74 Å². The van der Waals surface area contributed by atoms with Crippen LogP contribution in [0.3, 0.4) is 0 Å². The summed E-state index contributed by atoms with van der Waals surface area (Å²) in [5.74, 6) is 6.68. The van der Waals surface area contributed by atoms with E-state index in [1.165, 1.54) is 70.6 Å². The summed E-state index contributed by atoms with van der Waals surface area (Å²) in [6.07, 6.45) is 16.8. The Balaban J connectivity index is 1.35. The Morgan fingerprint density at radius 2 is 1.72 bits per heavy atom. The summed E-state index contributed by atoms with van der Waals surface area (Å²) in [6.45, 7) is 12.8. The van der Waals surface area contributed by atoms with Gasteiger partial charge in [0, 0.05) is 12.5 Å². The zero-order chi connectivity index (χ0) is 20.6. The average Bonchev–Trinajstić information content (AvgIpc) is 3.18. The lowest BCUT2D eigenvalue weighted by Crippen LogP contribution is -2.57. The van der Waals surface area contributed by atoms with E-state index < -0.39 is 0 Å². The molecule has 166 valence electrons. The predicted octanol–water partition coefficient (Wildman–Crippen LogP) is 7.73. The van der Waals surface area contributed by atoms with Gasteiger partial charge in [0.05, 0.1) is 6.10 Å². The first-order chi connectivity index (χ1) is 13.8. The van der Waals surface area contributed by atoms with Crippen LogP contribution in [0, 0.1) is 57.7 Å². The maximum Gasteiger partial charge on any atom is 0.0638 e. The fraction of sp³-hybridized carbons (Fsp3) is 1.00. The Morgan fingerprint density at radius 3 is 2.41 bits per heavy atom. The highest BCUT2D eigenvalue weighted by atomic mass is 16.5. The van der Waals surface area contributed by atoms with Gasteiger partial charge in [-0.3, -0.25) is 0 Å². The van der Waals surface area contributed by atoms with Crippen molar-refractivity contribution in [2.75, 3.05) is 7.11 Å². The fourth-order valence-corrected chi connectivity index (χ4v) is 10.6. The van der Waals surface area contributed by atoms with E-state index in [9.17, 15) is 0 Å². The zero-order valence-electron chi connectivity index (χ0n) is 20.3. The van der Waals surface area contributed by atoms with Gasteiger partial charge < -0.3 is 4.74 Å². The molecular weight excluding hydrogens is 352 g/mol. The van der Waals surface area contributed by atoms with Crippen molar-refractivity contribution in [3.8, 4) is 0 Å². The molecule has 0 amide bonds. The van der Waals surface area contributed by atoms with Gasteiger partial charge >= 0.3 is 0 Å². The second kappa shape index (κ2) is 6.98. The van der Waals surface area contributed by atoms with Crippen molar-refractivity contribution in [1.82, 2.24) is 0 Å². The van der Waals surface area contributed by atoms with Crippen molar-refractivity contribution < 1.29 is 4.74 Å². The van der Waals surface area contributed by atoms with E-state index in [2.05, 4.69) is 34.6 Å². The van der Waals surface area contributed by atoms with Crippen molar-refractivity contribution >= 4 is 0 Å². The first-order valence-corrected chi connectivity index (χ1v) is 13.3. The summed E-state index contributed by atoms with van der Waals surface area (Å²) in [6, 6.07) is 0. The third-order valence-corrected chi connectivity index (χ3v) is 12.0. The van der Waals surface area contributed by atoms with E-state index in [0.29, 0.717) is 22.3 Å². The molecule has 29 heavy (non-hydrogen) atoms. The second-order valence-electron chi connectivity index (χ2n) is 13.3.